The minimum atomic E-state index is -3.74. The van der Waals surface area contributed by atoms with E-state index in [1.165, 1.54) is 0 Å². The fourth-order valence-electron chi connectivity index (χ4n) is 10.5. The van der Waals surface area contributed by atoms with Gasteiger partial charge in [-0.3, -0.25) is 9.59 Å². The highest BCUT2D eigenvalue weighted by molar-refractivity contribution is 5.86. The van der Waals surface area contributed by atoms with Crippen molar-refractivity contribution in [1.82, 2.24) is 20.4 Å². The van der Waals surface area contributed by atoms with Gasteiger partial charge in [-0.25, -0.2) is 0 Å². The van der Waals surface area contributed by atoms with Crippen LogP contribution in [0, 0.1) is 0 Å². The van der Waals surface area contributed by atoms with E-state index in [0.29, 0.717) is 58.5 Å². The van der Waals surface area contributed by atoms with Gasteiger partial charge in [0.1, 0.15) is 32.0 Å². The Morgan fingerprint density at radius 3 is 1.62 bits per heavy atom. The topological polar surface area (TPSA) is 142 Å². The fraction of sp³-hybridized carbons (Fsp3) is 0.414. The summed E-state index contributed by atoms with van der Waals surface area (Å²) in [5, 5.41) is 31.8. The third kappa shape index (κ3) is 11.9. The molecule has 4 heterocycles. The lowest BCUT2D eigenvalue weighted by molar-refractivity contribution is -0.148. The SMILES string of the molecule is O=C(N[C@H](CN1CCCC1)[C@H](O)c1ccc2c(c1)OCCO2)C(F)(F)CCc1ccc2ccc(C3COc4cc([C@H](O)[C@@H](CN5CCCC5)NC(=O)C(F)(F)CCc5ccc6ccccc6c5)ccc4O3)cc2c1. The molecule has 74 heavy (non-hydrogen) atoms. The second kappa shape index (κ2) is 22.2. The number of nitrogens with zero attached hydrogens (tertiary/aromatic N) is 2. The number of alkyl halides is 4. The molecule has 0 spiro atoms. The van der Waals surface area contributed by atoms with E-state index in [0.717, 1.165) is 79.0 Å². The van der Waals surface area contributed by atoms with Crippen molar-refractivity contribution in [3.05, 3.63) is 143 Å². The number of aliphatic hydroxyl groups excluding tert-OH is 2. The van der Waals surface area contributed by atoms with Gasteiger partial charge in [-0.15, -0.1) is 0 Å². The summed E-state index contributed by atoms with van der Waals surface area (Å²) < 4.78 is 86.5. The molecule has 390 valence electrons. The van der Waals surface area contributed by atoms with E-state index in [9.17, 15) is 19.8 Å². The number of benzene rings is 6. The second-order valence-corrected chi connectivity index (χ2v) is 20.1. The third-order valence-electron chi connectivity index (χ3n) is 14.8. The predicted molar refractivity (Wildman–Crippen MR) is 272 cm³/mol. The molecule has 1 unspecified atom stereocenters. The van der Waals surface area contributed by atoms with Crippen LogP contribution in [0.25, 0.3) is 21.5 Å². The molecule has 16 heteroatoms. The van der Waals surface area contributed by atoms with Gasteiger partial charge in [-0.2, -0.15) is 17.6 Å². The Balaban J connectivity index is 0.769. The van der Waals surface area contributed by atoms with Gasteiger partial charge in [0.25, 0.3) is 11.8 Å². The van der Waals surface area contributed by atoms with Crippen LogP contribution in [0.3, 0.4) is 0 Å². The van der Waals surface area contributed by atoms with Gasteiger partial charge < -0.3 is 49.6 Å². The Bertz CT molecular complexity index is 2970. The van der Waals surface area contributed by atoms with Crippen molar-refractivity contribution in [2.45, 2.75) is 93.6 Å². The number of hydrogen-bond acceptors (Lipinski definition) is 10. The minimum Gasteiger partial charge on any atom is -0.486 e. The van der Waals surface area contributed by atoms with E-state index in [1.807, 2.05) is 66.7 Å². The van der Waals surface area contributed by atoms with Crippen LogP contribution in [0.4, 0.5) is 17.6 Å². The van der Waals surface area contributed by atoms with Crippen LogP contribution >= 0.6 is 0 Å². The van der Waals surface area contributed by atoms with E-state index < -0.39 is 66.9 Å². The molecule has 4 aliphatic heterocycles. The number of likely N-dealkylation sites (tertiary alicyclic amines) is 2. The van der Waals surface area contributed by atoms with E-state index in [1.54, 1.807) is 48.5 Å². The Morgan fingerprint density at radius 2 is 1.04 bits per heavy atom. The van der Waals surface area contributed by atoms with E-state index in [-0.39, 0.29) is 32.5 Å². The van der Waals surface area contributed by atoms with Gasteiger partial charge >= 0.3 is 11.8 Å². The standard InChI is InChI=1S/C58H62F4N4O8/c59-57(60,21-19-37-9-11-39-7-1-2-8-41(39)29-37)55(69)64-47(35-66-25-5-6-26-66)54(68)44-16-18-49-51(33-44)73-36-52(74-49)42-14-13-40-12-10-38(30-45(40)31-42)20-22-58(61,62)56(70)63-46(34-65-23-3-4-24-65)53(67)43-15-17-48-50(32-43)72-28-27-71-48/h1-2,7-18,29-33,46-47,52-54,67-68H,3-6,19-28,34-36H2,(H,63,70)(H,64,69)/t46-,47-,52?,53-,54+/m1/s1. The summed E-state index contributed by atoms with van der Waals surface area (Å²) in [5.74, 6) is -8.59. The van der Waals surface area contributed by atoms with Gasteiger partial charge in [0.15, 0.2) is 29.1 Å². The number of ether oxygens (including phenoxy) is 4. The molecule has 2 saturated heterocycles. The maximum atomic E-state index is 15.8. The molecule has 0 aromatic heterocycles. The maximum Gasteiger partial charge on any atom is 0.324 e. The molecule has 12 nitrogen and oxygen atoms in total. The Kier molecular flexibility index (Phi) is 15.3. The summed E-state index contributed by atoms with van der Waals surface area (Å²) in [4.78, 5) is 30.7. The van der Waals surface area contributed by atoms with Crippen LogP contribution in [0.2, 0.25) is 0 Å². The van der Waals surface area contributed by atoms with Crippen LogP contribution in [0.15, 0.2) is 115 Å². The van der Waals surface area contributed by atoms with Crippen molar-refractivity contribution in [3.8, 4) is 23.0 Å². The predicted octanol–water partition coefficient (Wildman–Crippen LogP) is 9.04. The third-order valence-corrected chi connectivity index (χ3v) is 14.8. The number of nitrogens with one attached hydrogen (secondary N) is 2. The van der Waals surface area contributed by atoms with Gasteiger partial charge in [-0.1, -0.05) is 84.9 Å². The molecular weight excluding hydrogens is 957 g/mol. The summed E-state index contributed by atoms with van der Waals surface area (Å²) >= 11 is 0. The van der Waals surface area contributed by atoms with Crippen LogP contribution in [0.5, 0.6) is 23.0 Å². The molecule has 10 rings (SSSR count). The van der Waals surface area contributed by atoms with Crippen molar-refractivity contribution in [1.29, 1.82) is 0 Å². The van der Waals surface area contributed by atoms with Crippen molar-refractivity contribution < 1.29 is 56.3 Å². The zero-order valence-corrected chi connectivity index (χ0v) is 41.1. The molecule has 2 amide bonds. The van der Waals surface area contributed by atoms with Crippen molar-refractivity contribution >= 4 is 33.4 Å². The first kappa shape index (κ1) is 51.0. The lowest BCUT2D eigenvalue weighted by atomic mass is 9.98. The smallest absolute Gasteiger partial charge is 0.324 e. The monoisotopic (exact) mass is 1020 g/mol. The molecule has 6 aromatic rings. The molecule has 4 aliphatic rings. The zero-order valence-electron chi connectivity index (χ0n) is 41.1. The largest absolute Gasteiger partial charge is 0.486 e. The van der Waals surface area contributed by atoms with Crippen molar-refractivity contribution in [3.63, 3.8) is 0 Å². The first-order valence-corrected chi connectivity index (χ1v) is 25.8. The zero-order chi connectivity index (χ0) is 51.4. The average Bonchev–Trinajstić information content (AvgIpc) is 4.15. The Morgan fingerprint density at radius 1 is 0.554 bits per heavy atom. The molecule has 5 atom stereocenters. The quantitative estimate of drug-likeness (QED) is 0.0581. The lowest BCUT2D eigenvalue weighted by Crippen LogP contribution is -2.51. The lowest BCUT2D eigenvalue weighted by Gasteiger charge is -2.31. The van der Waals surface area contributed by atoms with Gasteiger partial charge in [0.05, 0.1) is 12.1 Å². The summed E-state index contributed by atoms with van der Waals surface area (Å²) in [6.45, 7) is 4.16. The first-order chi connectivity index (χ1) is 35.7. The fourth-order valence-corrected chi connectivity index (χ4v) is 10.5. The number of aliphatic hydroxyl groups is 2. The molecule has 0 aliphatic carbocycles. The van der Waals surface area contributed by atoms with Crippen molar-refractivity contribution in [2.24, 2.45) is 0 Å². The number of amides is 2. The summed E-state index contributed by atoms with van der Waals surface area (Å²) in [7, 11) is 0. The highest BCUT2D eigenvalue weighted by Gasteiger charge is 2.42. The molecule has 0 bridgehead atoms. The van der Waals surface area contributed by atoms with E-state index in [2.05, 4.69) is 20.4 Å². The number of fused-ring (bicyclic) bond motifs is 4. The van der Waals surface area contributed by atoms with Gasteiger partial charge in [0, 0.05) is 25.9 Å². The highest BCUT2D eigenvalue weighted by atomic mass is 19.3. The van der Waals surface area contributed by atoms with Crippen molar-refractivity contribution in [2.75, 3.05) is 59.1 Å². The van der Waals surface area contributed by atoms with Crippen LogP contribution in [-0.4, -0.2) is 115 Å². The molecular formula is C58H62F4N4O8. The number of hydrogen-bond donors (Lipinski definition) is 4. The number of rotatable bonds is 19. The minimum absolute atomic E-state index is 0.00343. The molecule has 0 radical (unpaired) electrons. The molecule has 0 saturated carbocycles. The first-order valence-electron chi connectivity index (χ1n) is 25.8. The molecule has 6 aromatic carbocycles. The summed E-state index contributed by atoms with van der Waals surface area (Å²) in [6, 6.07) is 32.1. The Hall–Kier alpha value is -6.46. The van der Waals surface area contributed by atoms with Gasteiger partial charge in [-0.05, 0) is 144 Å². The Labute approximate surface area is 427 Å². The van der Waals surface area contributed by atoms with Gasteiger partial charge in [0.2, 0.25) is 0 Å². The van der Waals surface area contributed by atoms with Crippen LogP contribution in [-0.2, 0) is 22.4 Å². The van der Waals surface area contributed by atoms with Crippen LogP contribution < -0.4 is 29.6 Å². The normalized spacial score (nSPS) is 18.8. The number of aryl methyl sites for hydroxylation is 2. The van der Waals surface area contributed by atoms with Crippen LogP contribution in [0.1, 0.15) is 84.7 Å². The highest BCUT2D eigenvalue weighted by Crippen LogP contribution is 2.40. The van der Waals surface area contributed by atoms with E-state index in [4.69, 9.17) is 18.9 Å². The maximum absolute atomic E-state index is 15.8. The number of carbonyl (C=O) groups excluding carboxylic acids is 2. The molecule has 4 N–H and O–H groups in total. The average molecular weight is 1020 g/mol. The number of halogens is 4. The number of carbonyl (C=O) groups is 2. The second-order valence-electron chi connectivity index (χ2n) is 20.1. The van der Waals surface area contributed by atoms with E-state index >= 15 is 17.6 Å². The molecule has 2 fully saturated rings. The summed E-state index contributed by atoms with van der Waals surface area (Å²) in [5.41, 5.74) is 2.87. The summed E-state index contributed by atoms with van der Waals surface area (Å²) in [6.07, 6.45) is -0.949.